The van der Waals surface area contributed by atoms with Crippen molar-refractivity contribution in [3.8, 4) is 0 Å². The first-order valence-electron chi connectivity index (χ1n) is 34.7. The van der Waals surface area contributed by atoms with Crippen LogP contribution in [0.4, 0.5) is 0 Å². The molecule has 0 aromatic heterocycles. The van der Waals surface area contributed by atoms with Gasteiger partial charge in [-0.2, -0.15) is 0 Å². The van der Waals surface area contributed by atoms with E-state index < -0.39 is 6.10 Å². The van der Waals surface area contributed by atoms with Crippen LogP contribution in [-0.2, 0) is 28.6 Å². The molecule has 6 nitrogen and oxygen atoms in total. The number of carbonyl (C=O) groups excluding carboxylic acids is 3. The zero-order chi connectivity index (χ0) is 55.0. The zero-order valence-electron chi connectivity index (χ0n) is 51.8. The molecule has 76 heavy (non-hydrogen) atoms. The van der Waals surface area contributed by atoms with Crippen LogP contribution < -0.4 is 0 Å². The first-order chi connectivity index (χ1) is 37.5. The second-order valence-corrected chi connectivity index (χ2v) is 23.8. The first kappa shape index (κ1) is 74.2. The van der Waals surface area contributed by atoms with Gasteiger partial charge in [0.05, 0.1) is 0 Å². The highest BCUT2D eigenvalue weighted by Crippen LogP contribution is 2.19. The second kappa shape index (κ2) is 65.7. The van der Waals surface area contributed by atoms with E-state index in [1.807, 2.05) is 0 Å². The molecule has 0 fully saturated rings. The Morgan fingerprint density at radius 1 is 0.250 bits per heavy atom. The molecule has 450 valence electrons. The molecule has 6 heteroatoms. The molecule has 0 bridgehead atoms. The lowest BCUT2D eigenvalue weighted by Crippen LogP contribution is -2.30. The van der Waals surface area contributed by atoms with Gasteiger partial charge in [0, 0.05) is 19.3 Å². The molecular weight excluding hydrogens is 937 g/mol. The van der Waals surface area contributed by atoms with Gasteiger partial charge in [-0.25, -0.2) is 0 Å². The fourth-order valence-electron chi connectivity index (χ4n) is 10.8. The fraction of sp³-hybridized carbons (Fsp3) is 0.929. The minimum absolute atomic E-state index is 0.0663. The molecule has 0 rings (SSSR count). The lowest BCUT2D eigenvalue weighted by molar-refractivity contribution is -0.167. The number of ether oxygens (including phenoxy) is 3. The standard InChI is InChI=1S/C70H134O6/c1-4-7-10-13-16-19-22-24-26-27-28-29-30-31-32-33-34-35-36-37-38-39-40-41-42-43-44-46-48-51-54-57-60-63-69(72)75-66-67(65-74-68(71)62-59-56-53-50-47-21-18-15-12-9-6-3)76-70(73)64-61-58-55-52-49-45-25-23-20-17-14-11-8-5-2/h15,18,67H,4-14,16-17,19-66H2,1-3H3/b18-15-. The van der Waals surface area contributed by atoms with Crippen molar-refractivity contribution in [2.75, 3.05) is 13.2 Å². The maximum absolute atomic E-state index is 12.9. The van der Waals surface area contributed by atoms with Gasteiger partial charge >= 0.3 is 17.9 Å². The second-order valence-electron chi connectivity index (χ2n) is 23.8. The predicted octanol–water partition coefficient (Wildman–Crippen LogP) is 23.6. The summed E-state index contributed by atoms with van der Waals surface area (Å²) in [5.74, 6) is -0.848. The van der Waals surface area contributed by atoms with Crippen LogP contribution in [0.5, 0.6) is 0 Å². The SMILES string of the molecule is CCCC/C=C\CCCCCCCC(=O)OCC(COC(=O)CCCCCCCCCCCCCCCCCCCCCCCCCCCCCCCCCCC)OC(=O)CCCCCCCCCCCCCCCC. The Hall–Kier alpha value is -1.85. The molecule has 0 aromatic carbocycles. The molecule has 0 saturated carbocycles. The lowest BCUT2D eigenvalue weighted by Gasteiger charge is -2.18. The van der Waals surface area contributed by atoms with Gasteiger partial charge in [-0.3, -0.25) is 14.4 Å². The fourth-order valence-corrected chi connectivity index (χ4v) is 10.8. The molecule has 0 aromatic rings. The van der Waals surface area contributed by atoms with Crippen LogP contribution in [0.15, 0.2) is 12.2 Å². The topological polar surface area (TPSA) is 78.9 Å². The highest BCUT2D eigenvalue weighted by atomic mass is 16.6. The summed E-state index contributed by atoms with van der Waals surface area (Å²) in [6.45, 7) is 6.67. The summed E-state index contributed by atoms with van der Waals surface area (Å²) in [5, 5.41) is 0. The highest BCUT2D eigenvalue weighted by Gasteiger charge is 2.19. The van der Waals surface area contributed by atoms with E-state index in [2.05, 4.69) is 32.9 Å². The minimum Gasteiger partial charge on any atom is -0.462 e. The summed E-state index contributed by atoms with van der Waals surface area (Å²) >= 11 is 0. The molecule has 0 heterocycles. The molecule has 0 radical (unpaired) electrons. The summed E-state index contributed by atoms with van der Waals surface area (Å²) in [5.41, 5.74) is 0. The number of allylic oxidation sites excluding steroid dienone is 2. The van der Waals surface area contributed by atoms with Crippen LogP contribution in [0, 0.1) is 0 Å². The average Bonchev–Trinajstić information content (AvgIpc) is 3.42. The maximum atomic E-state index is 12.9. The number of hydrogen-bond donors (Lipinski definition) is 0. The van der Waals surface area contributed by atoms with Gasteiger partial charge in [0.25, 0.3) is 0 Å². The largest absolute Gasteiger partial charge is 0.462 e. The summed E-state index contributed by atoms with van der Waals surface area (Å²) < 4.78 is 16.9. The molecule has 0 amide bonds. The number of unbranched alkanes of at least 4 members (excludes halogenated alkanes) is 52. The smallest absolute Gasteiger partial charge is 0.306 e. The van der Waals surface area contributed by atoms with Crippen molar-refractivity contribution in [3.05, 3.63) is 12.2 Å². The predicted molar refractivity (Wildman–Crippen MR) is 330 cm³/mol. The normalized spacial score (nSPS) is 12.0. The van der Waals surface area contributed by atoms with Crippen LogP contribution in [0.1, 0.15) is 400 Å². The summed E-state index contributed by atoms with van der Waals surface area (Å²) in [4.78, 5) is 38.2. The summed E-state index contributed by atoms with van der Waals surface area (Å²) in [6, 6.07) is 0. The van der Waals surface area contributed by atoms with Crippen molar-refractivity contribution < 1.29 is 28.6 Å². The van der Waals surface area contributed by atoms with E-state index in [1.165, 1.54) is 295 Å². The van der Waals surface area contributed by atoms with E-state index in [0.717, 1.165) is 64.2 Å². The Labute approximate surface area is 475 Å². The molecule has 1 atom stereocenters. The number of rotatable bonds is 65. The molecule has 0 spiro atoms. The highest BCUT2D eigenvalue weighted by molar-refractivity contribution is 5.71. The summed E-state index contributed by atoms with van der Waals surface area (Å²) in [7, 11) is 0. The van der Waals surface area contributed by atoms with Crippen LogP contribution in [-0.4, -0.2) is 37.2 Å². The number of esters is 3. The number of carbonyl (C=O) groups is 3. The van der Waals surface area contributed by atoms with E-state index in [9.17, 15) is 14.4 Å². The third kappa shape index (κ3) is 63.0. The van der Waals surface area contributed by atoms with Gasteiger partial charge in [-0.1, -0.05) is 354 Å². The van der Waals surface area contributed by atoms with E-state index in [0.29, 0.717) is 19.3 Å². The van der Waals surface area contributed by atoms with Gasteiger partial charge in [-0.15, -0.1) is 0 Å². The van der Waals surface area contributed by atoms with Crippen molar-refractivity contribution in [1.29, 1.82) is 0 Å². The lowest BCUT2D eigenvalue weighted by atomic mass is 10.0. The minimum atomic E-state index is -0.768. The van der Waals surface area contributed by atoms with E-state index in [1.54, 1.807) is 0 Å². The van der Waals surface area contributed by atoms with Crippen LogP contribution in [0.25, 0.3) is 0 Å². The van der Waals surface area contributed by atoms with Gasteiger partial charge in [-0.05, 0) is 38.5 Å². The van der Waals surface area contributed by atoms with E-state index in [-0.39, 0.29) is 31.1 Å². The molecule has 0 aliphatic rings. The molecular formula is C70H134O6. The van der Waals surface area contributed by atoms with Gasteiger partial charge < -0.3 is 14.2 Å². The van der Waals surface area contributed by atoms with Crippen molar-refractivity contribution >= 4 is 17.9 Å². The third-order valence-corrected chi connectivity index (χ3v) is 16.0. The van der Waals surface area contributed by atoms with Gasteiger partial charge in [0.2, 0.25) is 0 Å². The molecule has 1 unspecified atom stereocenters. The Bertz CT molecular complexity index is 1180. The Kier molecular flexibility index (Phi) is 64.1. The Morgan fingerprint density at radius 3 is 0.697 bits per heavy atom. The van der Waals surface area contributed by atoms with E-state index >= 15 is 0 Å². The van der Waals surface area contributed by atoms with Crippen LogP contribution >= 0.6 is 0 Å². The molecule has 0 aliphatic carbocycles. The summed E-state index contributed by atoms with van der Waals surface area (Å²) in [6.07, 6.45) is 78.4. The molecule has 0 aliphatic heterocycles. The Morgan fingerprint density at radius 2 is 0.447 bits per heavy atom. The maximum Gasteiger partial charge on any atom is 0.306 e. The average molecular weight is 1070 g/mol. The van der Waals surface area contributed by atoms with E-state index in [4.69, 9.17) is 14.2 Å². The monoisotopic (exact) mass is 1070 g/mol. The molecule has 0 saturated heterocycles. The quantitative estimate of drug-likeness (QED) is 0.0261. The first-order valence-corrected chi connectivity index (χ1v) is 34.7. The van der Waals surface area contributed by atoms with Crippen molar-refractivity contribution in [2.45, 2.75) is 406 Å². The van der Waals surface area contributed by atoms with Gasteiger partial charge in [0.1, 0.15) is 13.2 Å². The zero-order valence-corrected chi connectivity index (χ0v) is 51.8. The third-order valence-electron chi connectivity index (χ3n) is 16.0. The van der Waals surface area contributed by atoms with Crippen molar-refractivity contribution in [2.24, 2.45) is 0 Å². The number of hydrogen-bond acceptors (Lipinski definition) is 6. The Balaban J connectivity index is 3.99. The molecule has 0 N–H and O–H groups in total. The van der Waals surface area contributed by atoms with Crippen molar-refractivity contribution in [1.82, 2.24) is 0 Å². The van der Waals surface area contributed by atoms with Gasteiger partial charge in [0.15, 0.2) is 6.10 Å². The van der Waals surface area contributed by atoms with Crippen LogP contribution in [0.3, 0.4) is 0 Å². The van der Waals surface area contributed by atoms with Crippen molar-refractivity contribution in [3.63, 3.8) is 0 Å². The van der Waals surface area contributed by atoms with Crippen LogP contribution in [0.2, 0.25) is 0 Å².